The molecular weight excluding hydrogens is 278 g/mol. The van der Waals surface area contributed by atoms with Crippen LogP contribution in [0.25, 0.3) is 11.0 Å². The summed E-state index contributed by atoms with van der Waals surface area (Å²) in [5, 5.41) is 0.634. The highest BCUT2D eigenvalue weighted by molar-refractivity contribution is 7.92. The van der Waals surface area contributed by atoms with Crippen molar-refractivity contribution in [3.63, 3.8) is 0 Å². The Morgan fingerprint density at radius 2 is 1.95 bits per heavy atom. The molecule has 0 amide bonds. The molecule has 0 unspecified atom stereocenters. The minimum atomic E-state index is -3.36. The number of hydrogen-bond donors (Lipinski definition) is 1. The predicted molar refractivity (Wildman–Crippen MR) is 78.8 cm³/mol. The molecule has 1 N–H and O–H groups in total. The van der Waals surface area contributed by atoms with Gasteiger partial charge in [0.05, 0.1) is 17.0 Å². The molecule has 0 saturated carbocycles. The van der Waals surface area contributed by atoms with E-state index in [0.29, 0.717) is 28.0 Å². The summed E-state index contributed by atoms with van der Waals surface area (Å²) in [5.41, 5.74) is 2.31. The van der Waals surface area contributed by atoms with Crippen LogP contribution in [-0.4, -0.2) is 20.0 Å². The van der Waals surface area contributed by atoms with E-state index in [-0.39, 0.29) is 11.5 Å². The van der Waals surface area contributed by atoms with Gasteiger partial charge in [-0.05, 0) is 45.4 Å². The van der Waals surface area contributed by atoms with Gasteiger partial charge in [-0.3, -0.25) is 9.52 Å². The van der Waals surface area contributed by atoms with E-state index in [9.17, 15) is 13.2 Å². The van der Waals surface area contributed by atoms with E-state index < -0.39 is 10.0 Å². The average Bonchev–Trinajstić information content (AvgIpc) is 2.64. The lowest BCUT2D eigenvalue weighted by Gasteiger charge is -2.09. The largest absolute Gasteiger partial charge is 0.461 e. The Hall–Kier alpha value is -1.82. The SMILES string of the molecule is CCS(=O)(=O)Nc1cc2c(C(C)=O)c(C)oc2cc1C. The molecular formula is C14H17NO4S. The molecule has 1 heterocycles. The Kier molecular flexibility index (Phi) is 3.60. The number of carbonyl (C=O) groups excluding carboxylic acids is 1. The summed E-state index contributed by atoms with van der Waals surface area (Å²) < 4.78 is 31.4. The molecule has 2 rings (SSSR count). The zero-order chi connectivity index (χ0) is 15.1. The topological polar surface area (TPSA) is 76.4 Å². The Bertz CT molecular complexity index is 787. The molecule has 5 nitrogen and oxygen atoms in total. The van der Waals surface area contributed by atoms with E-state index in [2.05, 4.69) is 4.72 Å². The van der Waals surface area contributed by atoms with E-state index in [1.54, 1.807) is 32.9 Å². The normalized spacial score (nSPS) is 11.8. The molecule has 0 aliphatic rings. The molecule has 2 aromatic rings. The van der Waals surface area contributed by atoms with Gasteiger partial charge in [0.2, 0.25) is 10.0 Å². The van der Waals surface area contributed by atoms with E-state index >= 15 is 0 Å². The van der Waals surface area contributed by atoms with Gasteiger partial charge < -0.3 is 4.42 Å². The number of Topliss-reactive ketones (excluding diaryl/α,β-unsaturated/α-hetero) is 1. The van der Waals surface area contributed by atoms with Crippen LogP contribution in [0, 0.1) is 13.8 Å². The molecule has 0 aliphatic heterocycles. The molecule has 0 spiro atoms. The minimum absolute atomic E-state index is 0.00550. The van der Waals surface area contributed by atoms with Crippen LogP contribution in [0.5, 0.6) is 0 Å². The summed E-state index contributed by atoms with van der Waals surface area (Å²) in [6.45, 7) is 6.55. The maximum absolute atomic E-state index is 11.7. The van der Waals surface area contributed by atoms with Crippen molar-refractivity contribution in [1.82, 2.24) is 0 Å². The van der Waals surface area contributed by atoms with E-state index in [4.69, 9.17) is 4.42 Å². The molecule has 108 valence electrons. The van der Waals surface area contributed by atoms with Crippen molar-refractivity contribution in [3.8, 4) is 0 Å². The zero-order valence-electron chi connectivity index (χ0n) is 11.9. The second-order valence-electron chi connectivity index (χ2n) is 4.76. The van der Waals surface area contributed by atoms with Gasteiger partial charge in [0, 0.05) is 5.39 Å². The molecule has 1 aromatic carbocycles. The van der Waals surface area contributed by atoms with Crippen molar-refractivity contribution < 1.29 is 17.6 Å². The van der Waals surface area contributed by atoms with Crippen molar-refractivity contribution in [1.29, 1.82) is 0 Å². The van der Waals surface area contributed by atoms with Crippen LogP contribution in [0.1, 0.15) is 35.5 Å². The van der Waals surface area contributed by atoms with Crippen LogP contribution in [0.15, 0.2) is 16.5 Å². The van der Waals surface area contributed by atoms with Gasteiger partial charge in [-0.1, -0.05) is 0 Å². The Labute approximate surface area is 118 Å². The fourth-order valence-electron chi connectivity index (χ4n) is 2.15. The summed E-state index contributed by atoms with van der Waals surface area (Å²) in [5.74, 6) is 0.436. The second kappa shape index (κ2) is 4.94. The number of fused-ring (bicyclic) bond motifs is 1. The molecule has 0 radical (unpaired) electrons. The van der Waals surface area contributed by atoms with Gasteiger partial charge in [0.25, 0.3) is 0 Å². The van der Waals surface area contributed by atoms with Gasteiger partial charge in [-0.15, -0.1) is 0 Å². The summed E-state index contributed by atoms with van der Waals surface area (Å²) in [6.07, 6.45) is 0. The molecule has 0 fully saturated rings. The van der Waals surface area contributed by atoms with E-state index in [1.165, 1.54) is 6.92 Å². The number of carbonyl (C=O) groups is 1. The predicted octanol–water partition coefficient (Wildman–Crippen LogP) is 3.01. The molecule has 1 aromatic heterocycles. The van der Waals surface area contributed by atoms with Crippen molar-refractivity contribution in [2.75, 3.05) is 10.5 Å². The van der Waals surface area contributed by atoms with Crippen LogP contribution in [0.2, 0.25) is 0 Å². The molecule has 0 aliphatic carbocycles. The highest BCUT2D eigenvalue weighted by Gasteiger charge is 2.18. The first-order valence-electron chi connectivity index (χ1n) is 6.30. The molecule has 0 bridgehead atoms. The quantitative estimate of drug-likeness (QED) is 0.880. The van der Waals surface area contributed by atoms with Gasteiger partial charge in [0.15, 0.2) is 5.78 Å². The monoisotopic (exact) mass is 295 g/mol. The number of furan rings is 1. The first-order valence-corrected chi connectivity index (χ1v) is 7.95. The van der Waals surface area contributed by atoms with Crippen molar-refractivity contribution >= 4 is 32.5 Å². The smallest absolute Gasteiger partial charge is 0.232 e. The number of aryl methyl sites for hydroxylation is 2. The van der Waals surface area contributed by atoms with Crippen LogP contribution in [0.4, 0.5) is 5.69 Å². The number of nitrogens with one attached hydrogen (secondary N) is 1. The summed E-state index contributed by atoms with van der Waals surface area (Å²) in [4.78, 5) is 11.7. The highest BCUT2D eigenvalue weighted by Crippen LogP contribution is 2.31. The maximum atomic E-state index is 11.7. The molecule has 0 atom stereocenters. The number of benzene rings is 1. The van der Waals surface area contributed by atoms with Crippen LogP contribution in [0.3, 0.4) is 0 Å². The Balaban J connectivity index is 2.66. The fraction of sp³-hybridized carbons (Fsp3) is 0.357. The minimum Gasteiger partial charge on any atom is -0.461 e. The van der Waals surface area contributed by atoms with E-state index in [0.717, 1.165) is 5.56 Å². The number of rotatable bonds is 4. The van der Waals surface area contributed by atoms with Crippen LogP contribution in [-0.2, 0) is 10.0 Å². The lowest BCUT2D eigenvalue weighted by atomic mass is 10.1. The van der Waals surface area contributed by atoms with Crippen molar-refractivity contribution in [2.24, 2.45) is 0 Å². The standard InChI is InChI=1S/C14H17NO4S/c1-5-20(17,18)15-12-7-11-13(6-8(12)2)19-10(4)14(11)9(3)16/h6-7,15H,5H2,1-4H3. The number of anilines is 1. The third kappa shape index (κ3) is 2.56. The summed E-state index contributed by atoms with van der Waals surface area (Å²) in [7, 11) is -3.36. The summed E-state index contributed by atoms with van der Waals surface area (Å²) in [6, 6.07) is 3.40. The Morgan fingerprint density at radius 3 is 2.50 bits per heavy atom. The third-order valence-electron chi connectivity index (χ3n) is 3.21. The molecule has 6 heteroatoms. The second-order valence-corrected chi connectivity index (χ2v) is 6.77. The van der Waals surface area contributed by atoms with Gasteiger partial charge in [-0.2, -0.15) is 0 Å². The van der Waals surface area contributed by atoms with Gasteiger partial charge in [-0.25, -0.2) is 8.42 Å². The lowest BCUT2D eigenvalue weighted by molar-refractivity contribution is 0.101. The van der Waals surface area contributed by atoms with Crippen molar-refractivity contribution in [3.05, 3.63) is 29.0 Å². The van der Waals surface area contributed by atoms with Crippen LogP contribution < -0.4 is 4.72 Å². The van der Waals surface area contributed by atoms with Crippen molar-refractivity contribution in [2.45, 2.75) is 27.7 Å². The summed E-state index contributed by atoms with van der Waals surface area (Å²) >= 11 is 0. The first kappa shape index (κ1) is 14.6. The highest BCUT2D eigenvalue weighted by atomic mass is 32.2. The first-order chi connectivity index (χ1) is 9.25. The number of sulfonamides is 1. The van der Waals surface area contributed by atoms with Crippen LogP contribution >= 0.6 is 0 Å². The fourth-order valence-corrected chi connectivity index (χ4v) is 2.85. The van der Waals surface area contributed by atoms with Gasteiger partial charge >= 0.3 is 0 Å². The van der Waals surface area contributed by atoms with Gasteiger partial charge in [0.1, 0.15) is 11.3 Å². The lowest BCUT2D eigenvalue weighted by Crippen LogP contribution is -2.15. The zero-order valence-corrected chi connectivity index (χ0v) is 12.7. The molecule has 20 heavy (non-hydrogen) atoms. The Morgan fingerprint density at radius 1 is 1.30 bits per heavy atom. The van der Waals surface area contributed by atoms with E-state index in [1.807, 2.05) is 0 Å². The number of ketones is 1. The maximum Gasteiger partial charge on any atom is 0.232 e. The molecule has 0 saturated heterocycles. The third-order valence-corrected chi connectivity index (χ3v) is 4.50. The number of hydrogen-bond acceptors (Lipinski definition) is 4. The average molecular weight is 295 g/mol.